The van der Waals surface area contributed by atoms with E-state index in [2.05, 4.69) is 19.2 Å². The van der Waals surface area contributed by atoms with Crippen molar-refractivity contribution < 1.29 is 9.53 Å². The van der Waals surface area contributed by atoms with Crippen LogP contribution < -0.4 is 5.32 Å². The number of methoxy groups -OCH3 is 1. The van der Waals surface area contributed by atoms with Gasteiger partial charge in [0.25, 0.3) is 5.91 Å². The van der Waals surface area contributed by atoms with Crippen molar-refractivity contribution in [2.24, 2.45) is 0 Å². The lowest BCUT2D eigenvalue weighted by Gasteiger charge is -2.28. The van der Waals surface area contributed by atoms with E-state index in [1.54, 1.807) is 7.11 Å². The molecule has 0 aliphatic carbocycles. The van der Waals surface area contributed by atoms with Gasteiger partial charge >= 0.3 is 0 Å². The van der Waals surface area contributed by atoms with Gasteiger partial charge in [-0.05, 0) is 37.6 Å². The van der Waals surface area contributed by atoms with Crippen LogP contribution in [0.1, 0.15) is 30.6 Å². The smallest absolute Gasteiger partial charge is 0.254 e. The summed E-state index contributed by atoms with van der Waals surface area (Å²) in [4.78, 5) is 14.4. The molecule has 0 radical (unpaired) electrons. The number of nitrogens with zero attached hydrogens (tertiary/aromatic N) is 1. The molecule has 0 aliphatic heterocycles. The van der Waals surface area contributed by atoms with Crippen molar-refractivity contribution in [3.63, 3.8) is 0 Å². The molecule has 1 rings (SSSR count). The van der Waals surface area contributed by atoms with Crippen molar-refractivity contribution in [3.05, 3.63) is 29.8 Å². The number of rotatable bonds is 7. The second-order valence-corrected chi connectivity index (χ2v) is 4.58. The first-order chi connectivity index (χ1) is 9.13. The van der Waals surface area contributed by atoms with Crippen LogP contribution in [0.4, 0.5) is 5.69 Å². The van der Waals surface area contributed by atoms with Crippen LogP contribution in [0, 0.1) is 0 Å². The molecule has 1 aromatic carbocycles. The van der Waals surface area contributed by atoms with Crippen molar-refractivity contribution in [1.82, 2.24) is 4.90 Å². The quantitative estimate of drug-likeness (QED) is 0.823. The summed E-state index contributed by atoms with van der Waals surface area (Å²) in [5, 5.41) is 3.05. The van der Waals surface area contributed by atoms with Crippen LogP contribution in [-0.2, 0) is 4.74 Å². The Hall–Kier alpha value is -1.55. The first-order valence-electron chi connectivity index (χ1n) is 6.71. The number of hydrogen-bond acceptors (Lipinski definition) is 3. The minimum atomic E-state index is 0.0639. The molecular formula is C15H24N2O2. The third kappa shape index (κ3) is 4.24. The third-order valence-corrected chi connectivity index (χ3v) is 3.34. The van der Waals surface area contributed by atoms with Crippen LogP contribution in [0.15, 0.2) is 24.3 Å². The molecule has 1 aromatic rings. The first kappa shape index (κ1) is 15.5. The molecule has 1 atom stereocenters. The number of carbonyl (C=O) groups excluding carboxylic acids is 1. The highest BCUT2D eigenvalue weighted by molar-refractivity contribution is 5.94. The van der Waals surface area contributed by atoms with E-state index in [-0.39, 0.29) is 11.9 Å². The van der Waals surface area contributed by atoms with Gasteiger partial charge in [-0.15, -0.1) is 0 Å². The SMILES string of the molecule is CCC(C)N(CCOC)C(=O)c1ccc(NC)cc1. The largest absolute Gasteiger partial charge is 0.388 e. The zero-order valence-corrected chi connectivity index (χ0v) is 12.3. The Bertz CT molecular complexity index is 390. The number of hydrogen-bond donors (Lipinski definition) is 1. The fourth-order valence-electron chi connectivity index (χ4n) is 1.88. The normalized spacial score (nSPS) is 12.0. The number of benzene rings is 1. The second-order valence-electron chi connectivity index (χ2n) is 4.58. The van der Waals surface area contributed by atoms with E-state index < -0.39 is 0 Å². The van der Waals surface area contributed by atoms with Crippen molar-refractivity contribution in [2.45, 2.75) is 26.3 Å². The number of carbonyl (C=O) groups is 1. The molecule has 0 heterocycles. The van der Waals surface area contributed by atoms with E-state index in [0.717, 1.165) is 17.7 Å². The Morgan fingerprint density at radius 2 is 2.00 bits per heavy atom. The zero-order chi connectivity index (χ0) is 14.3. The van der Waals surface area contributed by atoms with Gasteiger partial charge in [0.2, 0.25) is 0 Å². The van der Waals surface area contributed by atoms with Gasteiger partial charge in [0, 0.05) is 38.0 Å². The van der Waals surface area contributed by atoms with Gasteiger partial charge in [-0.25, -0.2) is 0 Å². The lowest BCUT2D eigenvalue weighted by molar-refractivity contribution is 0.0614. The number of ether oxygens (including phenoxy) is 1. The van der Waals surface area contributed by atoms with Gasteiger partial charge in [0.15, 0.2) is 0 Å². The molecule has 0 aromatic heterocycles. The summed E-state index contributed by atoms with van der Waals surface area (Å²) < 4.78 is 5.09. The average molecular weight is 264 g/mol. The average Bonchev–Trinajstić information content (AvgIpc) is 2.47. The van der Waals surface area contributed by atoms with E-state index in [1.807, 2.05) is 36.2 Å². The van der Waals surface area contributed by atoms with E-state index in [0.29, 0.717) is 13.2 Å². The van der Waals surface area contributed by atoms with Crippen LogP contribution in [-0.4, -0.2) is 44.2 Å². The monoisotopic (exact) mass is 264 g/mol. The summed E-state index contributed by atoms with van der Waals surface area (Å²) in [5.41, 5.74) is 1.72. The molecule has 106 valence electrons. The predicted octanol–water partition coefficient (Wildman–Crippen LogP) is 2.62. The maximum Gasteiger partial charge on any atom is 0.254 e. The minimum absolute atomic E-state index is 0.0639. The number of amides is 1. The molecule has 1 unspecified atom stereocenters. The van der Waals surface area contributed by atoms with Crippen molar-refractivity contribution >= 4 is 11.6 Å². The van der Waals surface area contributed by atoms with Gasteiger partial charge < -0.3 is 15.0 Å². The Morgan fingerprint density at radius 3 is 2.47 bits per heavy atom. The van der Waals surface area contributed by atoms with Crippen LogP contribution in [0.2, 0.25) is 0 Å². The highest BCUT2D eigenvalue weighted by atomic mass is 16.5. The van der Waals surface area contributed by atoms with Gasteiger partial charge in [-0.1, -0.05) is 6.92 Å². The summed E-state index contributed by atoms with van der Waals surface area (Å²) in [6, 6.07) is 7.76. The number of anilines is 1. The molecule has 4 nitrogen and oxygen atoms in total. The first-order valence-corrected chi connectivity index (χ1v) is 6.71. The van der Waals surface area contributed by atoms with Gasteiger partial charge in [0.1, 0.15) is 0 Å². The van der Waals surface area contributed by atoms with E-state index in [1.165, 1.54) is 0 Å². The van der Waals surface area contributed by atoms with Crippen molar-refractivity contribution in [2.75, 3.05) is 32.6 Å². The molecule has 0 saturated heterocycles. The van der Waals surface area contributed by atoms with E-state index >= 15 is 0 Å². The molecule has 4 heteroatoms. The molecule has 0 aliphatic rings. The lowest BCUT2D eigenvalue weighted by Crippen LogP contribution is -2.40. The van der Waals surface area contributed by atoms with E-state index in [4.69, 9.17) is 4.74 Å². The fourth-order valence-corrected chi connectivity index (χ4v) is 1.88. The Balaban J connectivity index is 2.84. The van der Waals surface area contributed by atoms with Crippen LogP contribution in [0.25, 0.3) is 0 Å². The molecule has 0 saturated carbocycles. The Labute approximate surface area is 115 Å². The van der Waals surface area contributed by atoms with Crippen LogP contribution >= 0.6 is 0 Å². The molecule has 19 heavy (non-hydrogen) atoms. The van der Waals surface area contributed by atoms with E-state index in [9.17, 15) is 4.79 Å². The van der Waals surface area contributed by atoms with Crippen molar-refractivity contribution in [1.29, 1.82) is 0 Å². The van der Waals surface area contributed by atoms with Crippen LogP contribution in [0.5, 0.6) is 0 Å². The summed E-state index contributed by atoms with van der Waals surface area (Å²) >= 11 is 0. The predicted molar refractivity (Wildman–Crippen MR) is 78.7 cm³/mol. The van der Waals surface area contributed by atoms with Gasteiger partial charge in [-0.3, -0.25) is 4.79 Å². The minimum Gasteiger partial charge on any atom is -0.388 e. The molecular weight excluding hydrogens is 240 g/mol. The topological polar surface area (TPSA) is 41.6 Å². The summed E-state index contributed by atoms with van der Waals surface area (Å²) in [6.45, 7) is 5.33. The van der Waals surface area contributed by atoms with Crippen molar-refractivity contribution in [3.8, 4) is 0 Å². The highest BCUT2D eigenvalue weighted by Crippen LogP contribution is 2.13. The maximum atomic E-state index is 12.5. The molecule has 1 amide bonds. The maximum absolute atomic E-state index is 12.5. The second kappa shape index (κ2) is 7.79. The zero-order valence-electron chi connectivity index (χ0n) is 12.3. The number of nitrogens with one attached hydrogen (secondary N) is 1. The lowest BCUT2D eigenvalue weighted by atomic mass is 10.1. The molecule has 0 spiro atoms. The highest BCUT2D eigenvalue weighted by Gasteiger charge is 2.19. The fraction of sp³-hybridized carbons (Fsp3) is 0.533. The third-order valence-electron chi connectivity index (χ3n) is 3.34. The summed E-state index contributed by atoms with van der Waals surface area (Å²) in [7, 11) is 3.52. The summed E-state index contributed by atoms with van der Waals surface area (Å²) in [5.74, 6) is 0.0639. The van der Waals surface area contributed by atoms with Gasteiger partial charge in [0.05, 0.1) is 6.61 Å². The van der Waals surface area contributed by atoms with Gasteiger partial charge in [-0.2, -0.15) is 0 Å². The molecule has 0 bridgehead atoms. The Morgan fingerprint density at radius 1 is 1.37 bits per heavy atom. The van der Waals surface area contributed by atoms with Crippen LogP contribution in [0.3, 0.4) is 0 Å². The summed E-state index contributed by atoms with van der Waals surface area (Å²) in [6.07, 6.45) is 0.935. The molecule has 0 fully saturated rings. The Kier molecular flexibility index (Phi) is 6.36. The molecule has 1 N–H and O–H groups in total. The standard InChI is InChI=1S/C15H24N2O2/c1-5-12(2)17(10-11-19-4)15(18)13-6-8-14(16-3)9-7-13/h6-9,12,16H,5,10-11H2,1-4H3.